The van der Waals surface area contributed by atoms with E-state index in [1.54, 1.807) is 26.1 Å². The number of benzene rings is 1. The van der Waals surface area contributed by atoms with Crippen LogP contribution in [0.5, 0.6) is 0 Å². The van der Waals surface area contributed by atoms with Crippen LogP contribution in [-0.2, 0) is 4.74 Å². The zero-order valence-corrected chi connectivity index (χ0v) is 12.3. The Bertz CT molecular complexity index is 647. The number of thiophene rings is 1. The van der Waals surface area contributed by atoms with Crippen molar-refractivity contribution in [2.45, 2.75) is 6.92 Å². The standard InChI is InChI=1S/C15H15NO3S/c1-9-11(15(18)19-3)14(16-2)20-13(9)12(17)10-7-5-4-6-8-10/h4-8,16H,1-3H3. The Labute approximate surface area is 121 Å². The Morgan fingerprint density at radius 3 is 2.40 bits per heavy atom. The molecule has 1 heterocycles. The molecule has 0 bridgehead atoms. The van der Waals surface area contributed by atoms with Crippen molar-refractivity contribution < 1.29 is 14.3 Å². The number of ether oxygens (including phenoxy) is 1. The molecule has 0 aliphatic carbocycles. The molecule has 0 unspecified atom stereocenters. The van der Waals surface area contributed by atoms with Crippen LogP contribution in [0.3, 0.4) is 0 Å². The van der Waals surface area contributed by atoms with Gasteiger partial charge < -0.3 is 10.1 Å². The topological polar surface area (TPSA) is 55.4 Å². The average molecular weight is 289 g/mol. The van der Waals surface area contributed by atoms with Crippen molar-refractivity contribution in [2.24, 2.45) is 0 Å². The van der Waals surface area contributed by atoms with E-state index in [-0.39, 0.29) is 5.78 Å². The van der Waals surface area contributed by atoms with E-state index in [2.05, 4.69) is 5.32 Å². The third-order valence-corrected chi connectivity index (χ3v) is 4.31. The third-order valence-electron chi connectivity index (χ3n) is 3.01. The molecule has 0 aliphatic heterocycles. The zero-order valence-electron chi connectivity index (χ0n) is 11.5. The number of methoxy groups -OCH3 is 1. The minimum Gasteiger partial charge on any atom is -0.465 e. The monoisotopic (exact) mass is 289 g/mol. The molecule has 1 aromatic heterocycles. The molecule has 0 aliphatic rings. The van der Waals surface area contributed by atoms with Crippen LogP contribution < -0.4 is 5.32 Å². The van der Waals surface area contributed by atoms with E-state index in [0.717, 1.165) is 0 Å². The van der Waals surface area contributed by atoms with Gasteiger partial charge in [-0.3, -0.25) is 4.79 Å². The fourth-order valence-electron chi connectivity index (χ4n) is 1.97. The summed E-state index contributed by atoms with van der Waals surface area (Å²) in [7, 11) is 3.05. The van der Waals surface area contributed by atoms with Crippen LogP contribution in [-0.4, -0.2) is 25.9 Å². The number of hydrogen-bond acceptors (Lipinski definition) is 5. The summed E-state index contributed by atoms with van der Waals surface area (Å²) < 4.78 is 4.77. The molecule has 0 fully saturated rings. The summed E-state index contributed by atoms with van der Waals surface area (Å²) in [5.41, 5.74) is 1.69. The zero-order chi connectivity index (χ0) is 14.7. The Morgan fingerprint density at radius 1 is 1.20 bits per heavy atom. The maximum atomic E-state index is 12.5. The van der Waals surface area contributed by atoms with Gasteiger partial charge in [0.1, 0.15) is 5.00 Å². The Kier molecular flexibility index (Phi) is 4.20. The molecule has 0 saturated heterocycles. The molecule has 0 atom stereocenters. The fraction of sp³-hybridized carbons (Fsp3) is 0.200. The van der Waals surface area contributed by atoms with E-state index in [1.165, 1.54) is 18.4 Å². The number of carbonyl (C=O) groups excluding carboxylic acids is 2. The summed E-state index contributed by atoms with van der Waals surface area (Å²) in [5.74, 6) is -0.519. The smallest absolute Gasteiger partial charge is 0.341 e. The Balaban J connectivity index is 2.51. The van der Waals surface area contributed by atoms with Crippen LogP contribution in [0, 0.1) is 6.92 Å². The summed E-state index contributed by atoms with van der Waals surface area (Å²) in [6, 6.07) is 9.01. The minimum absolute atomic E-state index is 0.0836. The molecule has 104 valence electrons. The molecule has 0 radical (unpaired) electrons. The second kappa shape index (κ2) is 5.88. The molecule has 2 rings (SSSR count). The highest BCUT2D eigenvalue weighted by atomic mass is 32.1. The van der Waals surface area contributed by atoms with Gasteiger partial charge in [-0.1, -0.05) is 30.3 Å². The number of ketones is 1. The summed E-state index contributed by atoms with van der Waals surface area (Å²) >= 11 is 1.27. The second-order valence-corrected chi connectivity index (χ2v) is 5.22. The quantitative estimate of drug-likeness (QED) is 0.694. The highest BCUT2D eigenvalue weighted by molar-refractivity contribution is 7.18. The van der Waals surface area contributed by atoms with Gasteiger partial charge in [0.25, 0.3) is 0 Å². The predicted molar refractivity (Wildman–Crippen MR) is 79.8 cm³/mol. The molecule has 0 saturated carbocycles. The maximum Gasteiger partial charge on any atom is 0.341 e. The second-order valence-electron chi connectivity index (χ2n) is 4.20. The van der Waals surface area contributed by atoms with Crippen molar-refractivity contribution in [3.8, 4) is 0 Å². The van der Waals surface area contributed by atoms with Crippen molar-refractivity contribution in [1.82, 2.24) is 0 Å². The molecule has 1 N–H and O–H groups in total. The van der Waals surface area contributed by atoms with E-state index in [0.29, 0.717) is 26.6 Å². The van der Waals surface area contributed by atoms with Gasteiger partial charge in [0.15, 0.2) is 0 Å². The molecular formula is C15H15NO3S. The van der Waals surface area contributed by atoms with Crippen molar-refractivity contribution in [1.29, 1.82) is 0 Å². The van der Waals surface area contributed by atoms with Gasteiger partial charge >= 0.3 is 5.97 Å². The number of anilines is 1. The van der Waals surface area contributed by atoms with Crippen LogP contribution >= 0.6 is 11.3 Å². The lowest BCUT2D eigenvalue weighted by atomic mass is 10.0. The van der Waals surface area contributed by atoms with Crippen LogP contribution in [0.15, 0.2) is 30.3 Å². The number of nitrogens with one attached hydrogen (secondary N) is 1. The molecule has 20 heavy (non-hydrogen) atoms. The first-order valence-corrected chi connectivity index (χ1v) is 6.91. The minimum atomic E-state index is -0.435. The number of rotatable bonds is 4. The van der Waals surface area contributed by atoms with Gasteiger partial charge in [-0.15, -0.1) is 11.3 Å². The van der Waals surface area contributed by atoms with Crippen molar-refractivity contribution in [3.63, 3.8) is 0 Å². The molecule has 5 heteroatoms. The summed E-state index contributed by atoms with van der Waals surface area (Å²) in [6.07, 6.45) is 0. The van der Waals surface area contributed by atoms with E-state index >= 15 is 0 Å². The maximum absolute atomic E-state index is 12.5. The van der Waals surface area contributed by atoms with Crippen LogP contribution in [0.1, 0.15) is 31.2 Å². The highest BCUT2D eigenvalue weighted by Crippen LogP contribution is 2.34. The number of esters is 1. The van der Waals surface area contributed by atoms with Gasteiger partial charge in [-0.25, -0.2) is 4.79 Å². The van der Waals surface area contributed by atoms with Crippen LogP contribution in [0.4, 0.5) is 5.00 Å². The van der Waals surface area contributed by atoms with Gasteiger partial charge in [0, 0.05) is 12.6 Å². The lowest BCUT2D eigenvalue weighted by molar-refractivity contribution is 0.0601. The van der Waals surface area contributed by atoms with Gasteiger partial charge in [0.2, 0.25) is 5.78 Å². The van der Waals surface area contributed by atoms with Gasteiger partial charge in [-0.05, 0) is 12.5 Å². The Morgan fingerprint density at radius 2 is 1.85 bits per heavy atom. The highest BCUT2D eigenvalue weighted by Gasteiger charge is 2.25. The third kappa shape index (κ3) is 2.44. The number of hydrogen-bond donors (Lipinski definition) is 1. The normalized spacial score (nSPS) is 10.2. The van der Waals surface area contributed by atoms with Crippen molar-refractivity contribution >= 4 is 28.1 Å². The predicted octanol–water partition coefficient (Wildman–Crippen LogP) is 3.12. The molecule has 1 aromatic carbocycles. The molecule has 0 amide bonds. The van der Waals surface area contributed by atoms with E-state index in [4.69, 9.17) is 4.74 Å². The molecular weight excluding hydrogens is 274 g/mol. The summed E-state index contributed by atoms with van der Waals surface area (Å²) in [6.45, 7) is 1.76. The Hall–Kier alpha value is -2.14. The average Bonchev–Trinajstić information content (AvgIpc) is 2.83. The molecule has 4 nitrogen and oxygen atoms in total. The first kappa shape index (κ1) is 14.3. The first-order valence-electron chi connectivity index (χ1n) is 6.09. The van der Waals surface area contributed by atoms with Gasteiger partial charge in [0.05, 0.1) is 17.6 Å². The fourth-order valence-corrected chi connectivity index (χ4v) is 3.08. The van der Waals surface area contributed by atoms with E-state index in [9.17, 15) is 9.59 Å². The van der Waals surface area contributed by atoms with E-state index in [1.807, 2.05) is 18.2 Å². The van der Waals surface area contributed by atoms with Crippen molar-refractivity contribution in [2.75, 3.05) is 19.5 Å². The van der Waals surface area contributed by atoms with Gasteiger partial charge in [-0.2, -0.15) is 0 Å². The van der Waals surface area contributed by atoms with Crippen LogP contribution in [0.25, 0.3) is 0 Å². The summed E-state index contributed by atoms with van der Waals surface area (Å²) in [4.78, 5) is 24.9. The largest absolute Gasteiger partial charge is 0.465 e. The number of carbonyl (C=O) groups is 2. The molecule has 0 spiro atoms. The lowest BCUT2D eigenvalue weighted by Crippen LogP contribution is -2.06. The lowest BCUT2D eigenvalue weighted by Gasteiger charge is -2.02. The molecule has 2 aromatic rings. The van der Waals surface area contributed by atoms with E-state index < -0.39 is 5.97 Å². The van der Waals surface area contributed by atoms with Crippen molar-refractivity contribution in [3.05, 3.63) is 51.9 Å². The SMILES string of the molecule is CNc1sc(C(=O)c2ccccc2)c(C)c1C(=O)OC. The first-order chi connectivity index (χ1) is 9.60. The van der Waals surface area contributed by atoms with Crippen LogP contribution in [0.2, 0.25) is 0 Å². The summed E-state index contributed by atoms with van der Waals surface area (Å²) in [5, 5.41) is 3.59.